The number of nitro benzene ring substituents is 1. The van der Waals surface area contributed by atoms with Crippen LogP contribution in [-0.4, -0.2) is 70.5 Å². The lowest BCUT2D eigenvalue weighted by molar-refractivity contribution is -0.388. The number of carbonyl (C=O) groups excluding carboxylic acids is 1. The highest BCUT2D eigenvalue weighted by atomic mass is 19.4. The molecule has 1 aliphatic carbocycles. The number of hydrogen-bond donors (Lipinski definition) is 1. The molecule has 2 aromatic carbocycles. The number of fused-ring (bicyclic) bond motifs is 1. The third-order valence-electron chi connectivity index (χ3n) is 8.01. The lowest BCUT2D eigenvalue weighted by Crippen LogP contribution is -2.49. The number of halogens is 3. The lowest BCUT2D eigenvalue weighted by Gasteiger charge is -2.35. The molecule has 5 rings (SSSR count). The van der Waals surface area contributed by atoms with Gasteiger partial charge in [0.25, 0.3) is 5.69 Å². The van der Waals surface area contributed by atoms with Gasteiger partial charge in [-0.25, -0.2) is 0 Å². The summed E-state index contributed by atoms with van der Waals surface area (Å²) in [7, 11) is 0. The maximum Gasteiger partial charge on any atom is 0.423 e. The zero-order chi connectivity index (χ0) is 29.9. The number of piperazine rings is 1. The molecule has 2 fully saturated rings. The van der Waals surface area contributed by atoms with Crippen molar-refractivity contribution in [3.05, 3.63) is 75.5 Å². The van der Waals surface area contributed by atoms with Crippen LogP contribution < -0.4 is 5.32 Å². The number of nitrogens with one attached hydrogen (secondary N) is 1. The van der Waals surface area contributed by atoms with Crippen molar-refractivity contribution < 1.29 is 27.6 Å². The summed E-state index contributed by atoms with van der Waals surface area (Å²) < 4.78 is 45.8. The number of pyridine rings is 1. The van der Waals surface area contributed by atoms with Gasteiger partial charge in [0.2, 0.25) is 5.91 Å². The van der Waals surface area contributed by atoms with E-state index in [4.69, 9.17) is 4.74 Å². The van der Waals surface area contributed by atoms with Crippen LogP contribution in [0.25, 0.3) is 10.9 Å². The first-order chi connectivity index (χ1) is 20.0. The molecule has 0 spiro atoms. The molecule has 0 unspecified atom stereocenters. The molecule has 12 heteroatoms. The van der Waals surface area contributed by atoms with E-state index >= 15 is 0 Å². The van der Waals surface area contributed by atoms with Crippen LogP contribution in [0.15, 0.2) is 48.7 Å². The summed E-state index contributed by atoms with van der Waals surface area (Å²) in [5.74, 6) is -0.0387. The van der Waals surface area contributed by atoms with Crippen molar-refractivity contribution >= 4 is 28.2 Å². The quantitative estimate of drug-likeness (QED) is 0.273. The average Bonchev–Trinajstić information content (AvgIpc) is 2.96. The maximum atomic E-state index is 13.3. The Morgan fingerprint density at radius 2 is 1.81 bits per heavy atom. The van der Waals surface area contributed by atoms with E-state index in [0.717, 1.165) is 48.2 Å². The van der Waals surface area contributed by atoms with Gasteiger partial charge in [-0.05, 0) is 68.0 Å². The van der Waals surface area contributed by atoms with Crippen molar-refractivity contribution in [1.82, 2.24) is 14.8 Å². The van der Waals surface area contributed by atoms with Crippen LogP contribution in [0.2, 0.25) is 0 Å². The number of aromatic nitrogens is 1. The van der Waals surface area contributed by atoms with Crippen molar-refractivity contribution in [3.8, 4) is 0 Å². The molecule has 1 N–H and O–H groups in total. The molecule has 42 heavy (non-hydrogen) atoms. The van der Waals surface area contributed by atoms with Crippen LogP contribution in [0.4, 0.5) is 24.5 Å². The van der Waals surface area contributed by atoms with E-state index < -0.39 is 22.4 Å². The van der Waals surface area contributed by atoms with Gasteiger partial charge in [-0.1, -0.05) is 12.1 Å². The largest absolute Gasteiger partial charge is 0.423 e. The zero-order valence-electron chi connectivity index (χ0n) is 23.4. The molecule has 1 saturated heterocycles. The fourth-order valence-corrected chi connectivity index (χ4v) is 5.68. The van der Waals surface area contributed by atoms with E-state index in [1.54, 1.807) is 0 Å². The van der Waals surface area contributed by atoms with Crippen LogP contribution in [0.1, 0.15) is 42.4 Å². The summed E-state index contributed by atoms with van der Waals surface area (Å²) in [5.41, 5.74) is 1.28. The molecule has 0 bridgehead atoms. The number of anilines is 1. The number of benzene rings is 2. The number of rotatable bonds is 8. The highest BCUT2D eigenvalue weighted by Gasteiger charge is 2.38. The van der Waals surface area contributed by atoms with Crippen molar-refractivity contribution in [1.29, 1.82) is 0 Å². The molecule has 9 nitrogen and oxygen atoms in total. The number of carbonyl (C=O) groups is 1. The van der Waals surface area contributed by atoms with E-state index in [2.05, 4.69) is 46.4 Å². The molecule has 3 aromatic rings. The summed E-state index contributed by atoms with van der Waals surface area (Å²) in [5, 5.41) is 15.2. The van der Waals surface area contributed by atoms with Gasteiger partial charge in [-0.2, -0.15) is 13.2 Å². The smallest absolute Gasteiger partial charge is 0.382 e. The lowest BCUT2D eigenvalue weighted by atomic mass is 9.92. The van der Waals surface area contributed by atoms with Crippen LogP contribution >= 0.6 is 0 Å². The standard InChI is InChI=1S/C30H34F3N5O4/c1-20-2-3-22-15-21(17-34-27(22)14-20)18-36-10-12-37(13-11-36)29(39)19-42-25-7-4-23(5-8-25)35-24-6-9-28(38(40)41)26(16-24)30(31,32)33/h2-3,6,9,14-17,23,25,35H,4-5,7-8,10-13,18-19H2,1H3/t23-,25-. The van der Waals surface area contributed by atoms with Gasteiger partial charge in [0.05, 0.1) is 16.5 Å². The first kappa shape index (κ1) is 29.7. The Labute approximate surface area is 241 Å². The minimum Gasteiger partial charge on any atom is -0.382 e. The van der Waals surface area contributed by atoms with Gasteiger partial charge < -0.3 is 15.0 Å². The van der Waals surface area contributed by atoms with Crippen molar-refractivity contribution in [2.24, 2.45) is 0 Å². The number of hydrogen-bond acceptors (Lipinski definition) is 7. The van der Waals surface area contributed by atoms with Crippen molar-refractivity contribution in [2.45, 2.75) is 57.5 Å². The van der Waals surface area contributed by atoms with Gasteiger partial charge in [0, 0.05) is 62.1 Å². The minimum absolute atomic E-state index is 0.00800. The van der Waals surface area contributed by atoms with Crippen LogP contribution in [0.5, 0.6) is 0 Å². The molecule has 1 aliphatic heterocycles. The predicted octanol–water partition coefficient (Wildman–Crippen LogP) is 5.55. The highest BCUT2D eigenvalue weighted by molar-refractivity contribution is 5.79. The Kier molecular flexibility index (Phi) is 8.93. The molecule has 0 atom stereocenters. The van der Waals surface area contributed by atoms with E-state index in [0.29, 0.717) is 38.8 Å². The second kappa shape index (κ2) is 12.6. The summed E-state index contributed by atoms with van der Waals surface area (Å²) in [6.07, 6.45) is -0.366. The Morgan fingerprint density at radius 3 is 2.50 bits per heavy atom. The zero-order valence-corrected chi connectivity index (χ0v) is 23.4. The van der Waals surface area contributed by atoms with E-state index in [1.807, 2.05) is 11.1 Å². The maximum absolute atomic E-state index is 13.3. The van der Waals surface area contributed by atoms with Gasteiger partial charge in [0.15, 0.2) is 0 Å². The monoisotopic (exact) mass is 585 g/mol. The van der Waals surface area contributed by atoms with Crippen molar-refractivity contribution in [2.75, 3.05) is 38.1 Å². The molecular formula is C30H34F3N5O4. The van der Waals surface area contributed by atoms with Gasteiger partial charge >= 0.3 is 6.18 Å². The average molecular weight is 586 g/mol. The molecular weight excluding hydrogens is 551 g/mol. The number of aryl methyl sites for hydroxylation is 1. The summed E-state index contributed by atoms with van der Waals surface area (Å²) >= 11 is 0. The summed E-state index contributed by atoms with van der Waals surface area (Å²) in [4.78, 5) is 31.5. The Balaban J connectivity index is 1.03. The fourth-order valence-electron chi connectivity index (χ4n) is 5.68. The number of nitro groups is 1. The number of ether oxygens (including phenoxy) is 1. The van der Waals surface area contributed by atoms with E-state index in [-0.39, 0.29) is 30.3 Å². The topological polar surface area (TPSA) is 101 Å². The normalized spacial score (nSPS) is 20.0. The van der Waals surface area contributed by atoms with E-state index in [1.165, 1.54) is 11.6 Å². The van der Waals surface area contributed by atoms with E-state index in [9.17, 15) is 28.1 Å². The Morgan fingerprint density at radius 1 is 1.07 bits per heavy atom. The van der Waals surface area contributed by atoms with Crippen LogP contribution in [0.3, 0.4) is 0 Å². The van der Waals surface area contributed by atoms with Gasteiger partial charge in [-0.3, -0.25) is 24.8 Å². The minimum atomic E-state index is -4.82. The fraction of sp³-hybridized carbons (Fsp3) is 0.467. The first-order valence-electron chi connectivity index (χ1n) is 14.1. The Hall–Kier alpha value is -3.77. The molecule has 224 valence electrons. The van der Waals surface area contributed by atoms with Crippen LogP contribution in [-0.2, 0) is 22.3 Å². The third kappa shape index (κ3) is 7.35. The molecule has 1 aromatic heterocycles. The summed E-state index contributed by atoms with van der Waals surface area (Å²) in [6, 6.07) is 11.3. The number of amides is 1. The SMILES string of the molecule is Cc1ccc2cc(CN3CCN(C(=O)CO[C@H]4CC[C@H](Nc5ccc([N+](=O)[O-])c(C(F)(F)F)c5)CC4)CC3)cnc2c1. The molecule has 2 heterocycles. The van der Waals surface area contributed by atoms with Gasteiger partial charge in [-0.15, -0.1) is 0 Å². The molecule has 0 radical (unpaired) electrons. The highest BCUT2D eigenvalue weighted by Crippen LogP contribution is 2.38. The second-order valence-electron chi connectivity index (χ2n) is 11.1. The predicted molar refractivity (Wildman–Crippen MR) is 152 cm³/mol. The van der Waals surface area contributed by atoms with Crippen LogP contribution in [0, 0.1) is 17.0 Å². The number of alkyl halides is 3. The molecule has 1 amide bonds. The second-order valence-corrected chi connectivity index (χ2v) is 11.1. The molecule has 1 saturated carbocycles. The summed E-state index contributed by atoms with van der Waals surface area (Å²) in [6.45, 7) is 5.65. The first-order valence-corrected chi connectivity index (χ1v) is 14.1. The van der Waals surface area contributed by atoms with Gasteiger partial charge in [0.1, 0.15) is 12.2 Å². The Bertz CT molecular complexity index is 1430. The third-order valence-corrected chi connectivity index (χ3v) is 8.01. The molecule has 2 aliphatic rings. The van der Waals surface area contributed by atoms with Crippen molar-refractivity contribution in [3.63, 3.8) is 0 Å². The number of nitrogens with zero attached hydrogens (tertiary/aromatic N) is 4.